The first-order valence-electron chi connectivity index (χ1n) is 7.36. The highest BCUT2D eigenvalue weighted by molar-refractivity contribution is 5.94. The molecule has 0 fully saturated rings. The zero-order valence-electron chi connectivity index (χ0n) is 12.4. The van der Waals surface area contributed by atoms with Gasteiger partial charge in [0.2, 0.25) is 0 Å². The largest absolute Gasteiger partial charge is 0.477 e. The molecule has 0 aliphatic carbocycles. The number of fused-ring (bicyclic) bond motifs is 1. The standard InChI is InChI=1S/C17H16N2O4/c20-16(21)15-13-7-4-10-19(14(13)8-9-18-15)17(22)23-11-12-5-2-1-3-6-12/h1-3,5-6,8-9H,4,7,10-11H2,(H,20,21). The Morgan fingerprint density at radius 2 is 2.00 bits per heavy atom. The van der Waals surface area contributed by atoms with Gasteiger partial charge in [-0.05, 0) is 24.5 Å². The fraction of sp³-hybridized carbons (Fsp3) is 0.235. The molecule has 2 heterocycles. The first kappa shape index (κ1) is 15.0. The topological polar surface area (TPSA) is 79.7 Å². The van der Waals surface area contributed by atoms with Crippen LogP contribution in [0.3, 0.4) is 0 Å². The average Bonchev–Trinajstić information content (AvgIpc) is 2.59. The van der Waals surface area contributed by atoms with Crippen molar-refractivity contribution in [2.75, 3.05) is 11.4 Å². The molecule has 23 heavy (non-hydrogen) atoms. The van der Waals surface area contributed by atoms with E-state index in [1.54, 1.807) is 6.07 Å². The molecule has 2 aromatic rings. The van der Waals surface area contributed by atoms with Crippen molar-refractivity contribution >= 4 is 17.7 Å². The fourth-order valence-electron chi connectivity index (χ4n) is 2.69. The lowest BCUT2D eigenvalue weighted by Gasteiger charge is -2.29. The number of anilines is 1. The highest BCUT2D eigenvalue weighted by atomic mass is 16.6. The Kier molecular flexibility index (Phi) is 4.23. The van der Waals surface area contributed by atoms with E-state index in [2.05, 4.69) is 4.98 Å². The van der Waals surface area contributed by atoms with Crippen LogP contribution in [0.2, 0.25) is 0 Å². The van der Waals surface area contributed by atoms with Crippen molar-refractivity contribution in [3.8, 4) is 0 Å². The molecule has 6 nitrogen and oxygen atoms in total. The molecule has 1 aliphatic rings. The van der Waals surface area contributed by atoms with Crippen molar-refractivity contribution < 1.29 is 19.4 Å². The van der Waals surface area contributed by atoms with Crippen LogP contribution in [0, 0.1) is 0 Å². The molecule has 3 rings (SSSR count). The van der Waals surface area contributed by atoms with Gasteiger partial charge in [-0.25, -0.2) is 14.6 Å². The van der Waals surface area contributed by atoms with Crippen LogP contribution in [-0.4, -0.2) is 28.7 Å². The van der Waals surface area contributed by atoms with Gasteiger partial charge in [-0.3, -0.25) is 4.90 Å². The van der Waals surface area contributed by atoms with Crippen LogP contribution >= 0.6 is 0 Å². The minimum absolute atomic E-state index is 0.00283. The van der Waals surface area contributed by atoms with Crippen molar-refractivity contribution in [1.82, 2.24) is 4.98 Å². The van der Waals surface area contributed by atoms with Crippen LogP contribution < -0.4 is 4.90 Å². The summed E-state index contributed by atoms with van der Waals surface area (Å²) in [4.78, 5) is 29.0. The minimum atomic E-state index is -1.08. The van der Waals surface area contributed by atoms with Gasteiger partial charge in [-0.2, -0.15) is 0 Å². The molecule has 118 valence electrons. The van der Waals surface area contributed by atoms with E-state index < -0.39 is 12.1 Å². The molecule has 1 N–H and O–H groups in total. The molecular formula is C17H16N2O4. The molecule has 1 aromatic heterocycles. The predicted octanol–water partition coefficient (Wildman–Crippen LogP) is 2.87. The number of aromatic nitrogens is 1. The number of rotatable bonds is 3. The molecule has 0 unspecified atom stereocenters. The number of nitrogens with zero attached hydrogens (tertiary/aromatic N) is 2. The van der Waals surface area contributed by atoms with Gasteiger partial charge in [0.1, 0.15) is 6.61 Å². The Balaban J connectivity index is 1.78. The molecule has 0 saturated carbocycles. The number of ether oxygens (including phenoxy) is 1. The van der Waals surface area contributed by atoms with E-state index in [9.17, 15) is 14.7 Å². The normalized spacial score (nSPS) is 13.3. The summed E-state index contributed by atoms with van der Waals surface area (Å²) >= 11 is 0. The molecule has 1 aromatic carbocycles. The number of aromatic carboxylic acids is 1. The first-order valence-corrected chi connectivity index (χ1v) is 7.36. The van der Waals surface area contributed by atoms with E-state index >= 15 is 0 Å². The maximum absolute atomic E-state index is 12.4. The quantitative estimate of drug-likeness (QED) is 0.942. The molecule has 0 bridgehead atoms. The third kappa shape index (κ3) is 3.15. The van der Waals surface area contributed by atoms with Crippen molar-refractivity contribution in [2.24, 2.45) is 0 Å². The van der Waals surface area contributed by atoms with E-state index in [4.69, 9.17) is 4.74 Å². The van der Waals surface area contributed by atoms with Gasteiger partial charge >= 0.3 is 12.1 Å². The number of hydrogen-bond acceptors (Lipinski definition) is 4. The van der Waals surface area contributed by atoms with Crippen molar-refractivity contribution in [2.45, 2.75) is 19.4 Å². The van der Waals surface area contributed by atoms with Gasteiger partial charge in [0, 0.05) is 18.3 Å². The summed E-state index contributed by atoms with van der Waals surface area (Å²) in [6.07, 6.45) is 2.20. The van der Waals surface area contributed by atoms with Crippen molar-refractivity contribution in [1.29, 1.82) is 0 Å². The molecule has 0 spiro atoms. The summed E-state index contributed by atoms with van der Waals surface area (Å²) in [5, 5.41) is 9.22. The molecule has 1 amide bonds. The number of carboxylic acid groups (broad SMARTS) is 1. The number of amides is 1. The Labute approximate surface area is 133 Å². The van der Waals surface area contributed by atoms with E-state index in [-0.39, 0.29) is 12.3 Å². The van der Waals surface area contributed by atoms with E-state index in [1.807, 2.05) is 30.3 Å². The second kappa shape index (κ2) is 6.48. The summed E-state index contributed by atoms with van der Waals surface area (Å²) in [5.74, 6) is -1.08. The summed E-state index contributed by atoms with van der Waals surface area (Å²) in [6, 6.07) is 11.1. The Hall–Kier alpha value is -2.89. The van der Waals surface area contributed by atoms with Crippen LogP contribution in [0.1, 0.15) is 28.0 Å². The Morgan fingerprint density at radius 3 is 2.74 bits per heavy atom. The zero-order chi connectivity index (χ0) is 16.2. The summed E-state index contributed by atoms with van der Waals surface area (Å²) in [5.41, 5.74) is 2.06. The van der Waals surface area contributed by atoms with Crippen LogP contribution in [0.5, 0.6) is 0 Å². The van der Waals surface area contributed by atoms with E-state index in [0.29, 0.717) is 30.6 Å². The number of carbonyl (C=O) groups excluding carboxylic acids is 1. The van der Waals surface area contributed by atoms with Gasteiger partial charge in [0.05, 0.1) is 5.69 Å². The summed E-state index contributed by atoms with van der Waals surface area (Å²) in [6.45, 7) is 0.687. The lowest BCUT2D eigenvalue weighted by Crippen LogP contribution is -2.36. The Bertz CT molecular complexity index is 731. The number of carboxylic acids is 1. The van der Waals surface area contributed by atoms with Crippen molar-refractivity contribution in [3.05, 3.63) is 59.4 Å². The fourth-order valence-corrected chi connectivity index (χ4v) is 2.69. The second-order valence-corrected chi connectivity index (χ2v) is 5.26. The lowest BCUT2D eigenvalue weighted by atomic mass is 10.0. The van der Waals surface area contributed by atoms with Gasteiger partial charge in [-0.1, -0.05) is 30.3 Å². The third-order valence-corrected chi connectivity index (χ3v) is 3.76. The van der Waals surface area contributed by atoms with Crippen LogP contribution in [-0.2, 0) is 17.8 Å². The number of benzene rings is 1. The molecule has 0 radical (unpaired) electrons. The van der Waals surface area contributed by atoms with Crippen LogP contribution in [0.25, 0.3) is 0 Å². The van der Waals surface area contributed by atoms with Gasteiger partial charge in [-0.15, -0.1) is 0 Å². The zero-order valence-corrected chi connectivity index (χ0v) is 12.4. The predicted molar refractivity (Wildman–Crippen MR) is 83.5 cm³/mol. The average molecular weight is 312 g/mol. The third-order valence-electron chi connectivity index (χ3n) is 3.76. The highest BCUT2D eigenvalue weighted by Crippen LogP contribution is 2.29. The molecule has 0 saturated heterocycles. The van der Waals surface area contributed by atoms with Gasteiger partial charge < -0.3 is 9.84 Å². The molecule has 1 aliphatic heterocycles. The second-order valence-electron chi connectivity index (χ2n) is 5.26. The van der Waals surface area contributed by atoms with Crippen molar-refractivity contribution in [3.63, 3.8) is 0 Å². The van der Waals surface area contributed by atoms with Crippen LogP contribution in [0.4, 0.5) is 10.5 Å². The molecule has 0 atom stereocenters. The maximum Gasteiger partial charge on any atom is 0.414 e. The summed E-state index contributed by atoms with van der Waals surface area (Å²) < 4.78 is 5.34. The Morgan fingerprint density at radius 1 is 1.22 bits per heavy atom. The molecule has 6 heteroatoms. The van der Waals surface area contributed by atoms with Crippen LogP contribution in [0.15, 0.2) is 42.6 Å². The number of carbonyl (C=O) groups is 2. The SMILES string of the molecule is O=C(O)c1nccc2c1CCCN2C(=O)OCc1ccccc1. The number of hydrogen-bond donors (Lipinski definition) is 1. The monoisotopic (exact) mass is 312 g/mol. The maximum atomic E-state index is 12.4. The minimum Gasteiger partial charge on any atom is -0.477 e. The number of pyridine rings is 1. The molecular weight excluding hydrogens is 296 g/mol. The summed E-state index contributed by atoms with van der Waals surface area (Å²) in [7, 11) is 0. The van der Waals surface area contributed by atoms with E-state index in [1.165, 1.54) is 11.1 Å². The smallest absolute Gasteiger partial charge is 0.414 e. The van der Waals surface area contributed by atoms with E-state index in [0.717, 1.165) is 5.56 Å². The highest BCUT2D eigenvalue weighted by Gasteiger charge is 2.27. The van der Waals surface area contributed by atoms with Gasteiger partial charge in [0.15, 0.2) is 5.69 Å². The first-order chi connectivity index (χ1) is 11.2. The lowest BCUT2D eigenvalue weighted by molar-refractivity contribution is 0.0688. The van der Waals surface area contributed by atoms with Gasteiger partial charge in [0.25, 0.3) is 0 Å².